The number of nitrogens with one attached hydrogen (secondary N) is 1. The van der Waals surface area contributed by atoms with Crippen LogP contribution in [0.1, 0.15) is 41.2 Å². The van der Waals surface area contributed by atoms with Gasteiger partial charge in [-0.25, -0.2) is 18.3 Å². The van der Waals surface area contributed by atoms with E-state index in [-0.39, 0.29) is 0 Å². The van der Waals surface area contributed by atoms with Crippen molar-refractivity contribution in [2.45, 2.75) is 38.7 Å². The number of anilines is 1. The third-order valence-electron chi connectivity index (χ3n) is 4.88. The highest BCUT2D eigenvalue weighted by Gasteiger charge is 2.23. The Hall–Kier alpha value is -1.89. The zero-order chi connectivity index (χ0) is 18.7. The molecule has 0 spiro atoms. The standard InChI is InChI=1S/C20H26N2O3S/c1-15-6-3-4-7-16(15)8-5-13-21-22(26(2,24)25)18-10-11-19-17(14-18)9-12-20(19)23/h3-4,6-7,10-11,14,20-21,23H,5,8-9,12-13H2,1-2H3. The predicted molar refractivity (Wildman–Crippen MR) is 105 cm³/mol. The second-order valence-corrected chi connectivity index (χ2v) is 8.73. The molecule has 2 N–H and O–H groups in total. The Labute approximate surface area is 155 Å². The Morgan fingerprint density at radius 2 is 2.00 bits per heavy atom. The summed E-state index contributed by atoms with van der Waals surface area (Å²) in [6.07, 6.45) is 3.96. The molecule has 0 heterocycles. The SMILES string of the molecule is Cc1ccccc1CCCNN(c1ccc2c(c1)CCC2O)S(C)(=O)=O. The van der Waals surface area contributed by atoms with E-state index in [0.29, 0.717) is 18.7 Å². The highest BCUT2D eigenvalue weighted by molar-refractivity contribution is 7.92. The molecule has 2 aromatic rings. The van der Waals surface area contributed by atoms with E-state index in [1.54, 1.807) is 6.07 Å². The molecule has 1 aliphatic rings. The number of fused-ring (bicyclic) bond motifs is 1. The second kappa shape index (κ2) is 7.78. The minimum absolute atomic E-state index is 0.437. The van der Waals surface area contributed by atoms with Crippen LogP contribution in [0, 0.1) is 6.92 Å². The van der Waals surface area contributed by atoms with E-state index in [4.69, 9.17) is 0 Å². The normalized spacial score (nSPS) is 16.5. The minimum atomic E-state index is -3.44. The summed E-state index contributed by atoms with van der Waals surface area (Å²) in [6.45, 7) is 2.64. The van der Waals surface area contributed by atoms with Crippen LogP contribution in [0.15, 0.2) is 42.5 Å². The Kier molecular flexibility index (Phi) is 5.65. The lowest BCUT2D eigenvalue weighted by Crippen LogP contribution is -2.43. The fourth-order valence-corrected chi connectivity index (χ4v) is 4.28. The van der Waals surface area contributed by atoms with Gasteiger partial charge in [0, 0.05) is 6.54 Å². The number of aliphatic hydroxyl groups is 1. The van der Waals surface area contributed by atoms with Crippen LogP contribution >= 0.6 is 0 Å². The van der Waals surface area contributed by atoms with Crippen molar-refractivity contribution in [3.05, 3.63) is 64.7 Å². The fourth-order valence-electron chi connectivity index (χ4n) is 3.46. The third-order valence-corrected chi connectivity index (χ3v) is 5.88. The van der Waals surface area contributed by atoms with Crippen molar-refractivity contribution in [1.29, 1.82) is 0 Å². The number of rotatable bonds is 7. The highest BCUT2D eigenvalue weighted by Crippen LogP contribution is 2.33. The van der Waals surface area contributed by atoms with Gasteiger partial charge in [-0.1, -0.05) is 30.3 Å². The van der Waals surface area contributed by atoms with Crippen LogP contribution in [0.3, 0.4) is 0 Å². The van der Waals surface area contributed by atoms with Crippen molar-refractivity contribution in [2.24, 2.45) is 0 Å². The number of hydrazine groups is 1. The summed E-state index contributed by atoms with van der Waals surface area (Å²) in [5.41, 5.74) is 8.11. The summed E-state index contributed by atoms with van der Waals surface area (Å²) in [7, 11) is -3.44. The number of benzene rings is 2. The molecule has 0 radical (unpaired) electrons. The van der Waals surface area contributed by atoms with E-state index in [2.05, 4.69) is 24.5 Å². The van der Waals surface area contributed by atoms with Crippen molar-refractivity contribution in [1.82, 2.24) is 5.43 Å². The monoisotopic (exact) mass is 374 g/mol. The molecule has 26 heavy (non-hydrogen) atoms. The molecular weight excluding hydrogens is 348 g/mol. The first-order valence-electron chi connectivity index (χ1n) is 8.95. The van der Waals surface area contributed by atoms with E-state index in [1.807, 2.05) is 24.3 Å². The Balaban J connectivity index is 1.67. The summed E-state index contributed by atoms with van der Waals surface area (Å²) in [5.74, 6) is 0. The first-order chi connectivity index (χ1) is 12.4. The molecule has 3 rings (SSSR count). The smallest absolute Gasteiger partial charge is 0.245 e. The molecule has 0 amide bonds. The molecule has 0 aliphatic heterocycles. The lowest BCUT2D eigenvalue weighted by Gasteiger charge is -2.24. The van der Waals surface area contributed by atoms with E-state index in [1.165, 1.54) is 21.8 Å². The molecule has 2 aromatic carbocycles. The molecular formula is C20H26N2O3S. The van der Waals surface area contributed by atoms with Crippen LogP contribution in [-0.2, 0) is 22.9 Å². The number of aliphatic hydroxyl groups excluding tert-OH is 1. The molecule has 1 unspecified atom stereocenters. The third kappa shape index (κ3) is 4.26. The fraction of sp³-hybridized carbons (Fsp3) is 0.400. The van der Waals surface area contributed by atoms with Gasteiger partial charge in [-0.05, 0) is 67.0 Å². The van der Waals surface area contributed by atoms with Gasteiger partial charge in [0.05, 0.1) is 18.0 Å². The zero-order valence-corrected chi connectivity index (χ0v) is 16.1. The van der Waals surface area contributed by atoms with E-state index >= 15 is 0 Å². The van der Waals surface area contributed by atoms with E-state index in [0.717, 1.165) is 30.4 Å². The minimum Gasteiger partial charge on any atom is -0.388 e. The largest absolute Gasteiger partial charge is 0.388 e. The van der Waals surface area contributed by atoms with Gasteiger partial charge in [-0.15, -0.1) is 0 Å². The van der Waals surface area contributed by atoms with Crippen molar-refractivity contribution in [3.8, 4) is 0 Å². The molecule has 0 fully saturated rings. The van der Waals surface area contributed by atoms with Gasteiger partial charge < -0.3 is 5.11 Å². The Morgan fingerprint density at radius 3 is 2.73 bits per heavy atom. The maximum absolute atomic E-state index is 12.2. The summed E-state index contributed by atoms with van der Waals surface area (Å²) in [5, 5.41) is 9.93. The van der Waals surface area contributed by atoms with Gasteiger partial charge in [0.15, 0.2) is 0 Å². The molecule has 0 saturated carbocycles. The topological polar surface area (TPSA) is 69.6 Å². The maximum atomic E-state index is 12.2. The van der Waals surface area contributed by atoms with Crippen LogP contribution in [-0.4, -0.2) is 26.3 Å². The van der Waals surface area contributed by atoms with Gasteiger partial charge in [0.25, 0.3) is 0 Å². The Morgan fingerprint density at radius 1 is 1.23 bits per heavy atom. The van der Waals surface area contributed by atoms with Crippen molar-refractivity contribution in [3.63, 3.8) is 0 Å². The first-order valence-corrected chi connectivity index (χ1v) is 10.8. The van der Waals surface area contributed by atoms with Crippen LogP contribution < -0.4 is 9.84 Å². The predicted octanol–water partition coefficient (Wildman–Crippen LogP) is 2.88. The quantitative estimate of drug-likeness (QED) is 0.578. The average molecular weight is 375 g/mol. The van der Waals surface area contributed by atoms with Gasteiger partial charge in [0.2, 0.25) is 10.0 Å². The number of sulfonamides is 1. The van der Waals surface area contributed by atoms with Gasteiger partial charge >= 0.3 is 0 Å². The molecule has 6 heteroatoms. The summed E-state index contributed by atoms with van der Waals surface area (Å²) in [4.78, 5) is 0. The molecule has 140 valence electrons. The van der Waals surface area contributed by atoms with Crippen LogP contribution in [0.2, 0.25) is 0 Å². The van der Waals surface area contributed by atoms with Crippen molar-refractivity contribution in [2.75, 3.05) is 17.2 Å². The maximum Gasteiger partial charge on any atom is 0.245 e. The van der Waals surface area contributed by atoms with Gasteiger partial charge in [-0.2, -0.15) is 0 Å². The number of hydrogen-bond donors (Lipinski definition) is 2. The van der Waals surface area contributed by atoms with Crippen molar-refractivity contribution < 1.29 is 13.5 Å². The highest BCUT2D eigenvalue weighted by atomic mass is 32.2. The summed E-state index contributed by atoms with van der Waals surface area (Å²) in [6, 6.07) is 13.7. The lowest BCUT2D eigenvalue weighted by molar-refractivity contribution is 0.180. The van der Waals surface area contributed by atoms with Crippen LogP contribution in [0.5, 0.6) is 0 Å². The number of hydrogen-bond acceptors (Lipinski definition) is 4. The second-order valence-electron chi connectivity index (χ2n) is 6.90. The lowest BCUT2D eigenvalue weighted by atomic mass is 10.0. The number of aryl methyl sites for hydroxylation is 3. The average Bonchev–Trinajstić information content (AvgIpc) is 2.96. The van der Waals surface area contributed by atoms with Crippen LogP contribution in [0.25, 0.3) is 0 Å². The molecule has 1 atom stereocenters. The molecule has 0 saturated heterocycles. The van der Waals surface area contributed by atoms with Crippen LogP contribution in [0.4, 0.5) is 5.69 Å². The molecule has 0 aromatic heterocycles. The van der Waals surface area contributed by atoms with E-state index in [9.17, 15) is 13.5 Å². The number of nitrogens with zero attached hydrogens (tertiary/aromatic N) is 1. The summed E-state index contributed by atoms with van der Waals surface area (Å²) >= 11 is 0. The molecule has 1 aliphatic carbocycles. The van der Waals surface area contributed by atoms with Gasteiger partial charge in [-0.3, -0.25) is 0 Å². The zero-order valence-electron chi connectivity index (χ0n) is 15.3. The summed E-state index contributed by atoms with van der Waals surface area (Å²) < 4.78 is 25.7. The van der Waals surface area contributed by atoms with Crippen molar-refractivity contribution >= 4 is 15.7 Å². The first kappa shape index (κ1) is 18.9. The Bertz CT molecular complexity index is 880. The molecule has 5 nitrogen and oxygen atoms in total. The van der Waals surface area contributed by atoms with Gasteiger partial charge in [0.1, 0.15) is 0 Å². The molecule has 0 bridgehead atoms. The van der Waals surface area contributed by atoms with E-state index < -0.39 is 16.1 Å².